The Morgan fingerprint density at radius 2 is 1.78 bits per heavy atom. The van der Waals surface area contributed by atoms with Gasteiger partial charge in [0.15, 0.2) is 0 Å². The van der Waals surface area contributed by atoms with Crippen LogP contribution < -0.4 is 8.35 Å². The van der Waals surface area contributed by atoms with Gasteiger partial charge < -0.3 is 0 Å². The van der Waals surface area contributed by atoms with Gasteiger partial charge in [-0.15, -0.1) is 0 Å². The van der Waals surface area contributed by atoms with Crippen molar-refractivity contribution in [2.45, 2.75) is 19.4 Å². The van der Waals surface area contributed by atoms with Crippen molar-refractivity contribution in [3.8, 4) is 5.75 Å². The Labute approximate surface area is 124 Å². The summed E-state index contributed by atoms with van der Waals surface area (Å²) < 4.78 is 6.38. The molecule has 1 aromatic carbocycles. The van der Waals surface area contributed by atoms with Gasteiger partial charge in [-0.2, -0.15) is 0 Å². The zero-order valence-electron chi connectivity index (χ0n) is 10.3. The number of rotatable bonds is 4. The minimum absolute atomic E-state index is 0.500. The fourth-order valence-electron chi connectivity index (χ4n) is 1.38. The van der Waals surface area contributed by atoms with Gasteiger partial charge in [0.2, 0.25) is 0 Å². The van der Waals surface area contributed by atoms with E-state index in [1.807, 2.05) is 12.1 Å². The van der Waals surface area contributed by atoms with Crippen LogP contribution >= 0.6 is 29.5 Å². The molecule has 1 aromatic rings. The van der Waals surface area contributed by atoms with E-state index in [0.717, 1.165) is 9.36 Å². The molecule has 0 aromatic heterocycles. The van der Waals surface area contributed by atoms with Crippen molar-refractivity contribution in [2.75, 3.05) is 7.11 Å². The second-order valence-electron chi connectivity index (χ2n) is 4.18. The van der Waals surface area contributed by atoms with Crippen molar-refractivity contribution >= 4 is 49.1 Å². The Kier molecular flexibility index (Phi) is 5.68. The number of methoxy groups -OCH3 is 1. The van der Waals surface area contributed by atoms with E-state index in [9.17, 15) is 5.11 Å². The predicted molar refractivity (Wildman–Crippen MR) is 80.3 cm³/mol. The molecule has 0 radical (unpaired) electrons. The second-order valence-corrected chi connectivity index (χ2v) is 16.9. The summed E-state index contributed by atoms with van der Waals surface area (Å²) in [6.07, 6.45) is 0. The van der Waals surface area contributed by atoms with Crippen LogP contribution in [0, 0.1) is 0 Å². The summed E-state index contributed by atoms with van der Waals surface area (Å²) >= 11 is 2.17. The molecule has 0 unspecified atom stereocenters. The van der Waals surface area contributed by atoms with E-state index >= 15 is 0 Å². The molecule has 0 heterocycles. The monoisotopic (exact) mass is 426 g/mol. The predicted octanol–water partition coefficient (Wildman–Crippen LogP) is 3.25. The first kappa shape index (κ1) is 16.4. The molecule has 1 N–H and O–H groups in total. The van der Waals surface area contributed by atoms with Gasteiger partial charge in [0.05, 0.1) is 0 Å². The molecular weight excluding hydrogens is 410 g/mol. The second kappa shape index (κ2) is 6.22. The first-order chi connectivity index (χ1) is 8.23. The SMILES string of the molecule is COc1ccc([Te](Cl)(Cl)/C(=C/Cl)C(C)(C)O)cc1. The molecule has 0 saturated carbocycles. The molecule has 0 fully saturated rings. The third-order valence-corrected chi connectivity index (χ3v) is 13.4. The van der Waals surface area contributed by atoms with Crippen LogP contribution in [0.2, 0.25) is 0 Å². The van der Waals surface area contributed by atoms with Crippen LogP contribution in [0.4, 0.5) is 0 Å². The van der Waals surface area contributed by atoms with Gasteiger partial charge in [-0.3, -0.25) is 0 Å². The Bertz CT molecular complexity index is 436. The molecule has 2 nitrogen and oxygen atoms in total. The van der Waals surface area contributed by atoms with Crippen molar-refractivity contribution in [2.24, 2.45) is 0 Å². The van der Waals surface area contributed by atoms with Crippen molar-refractivity contribution in [1.29, 1.82) is 0 Å². The van der Waals surface area contributed by atoms with Crippen LogP contribution in [-0.2, 0) is 0 Å². The molecule has 0 saturated heterocycles. The van der Waals surface area contributed by atoms with Crippen LogP contribution in [0.5, 0.6) is 5.75 Å². The summed E-state index contributed by atoms with van der Waals surface area (Å²) in [6.45, 7) is 3.24. The van der Waals surface area contributed by atoms with Crippen LogP contribution in [0.1, 0.15) is 13.8 Å². The van der Waals surface area contributed by atoms with Gasteiger partial charge in [-0.1, -0.05) is 0 Å². The summed E-state index contributed by atoms with van der Waals surface area (Å²) in [4.78, 5) is 0. The number of hydrogen-bond acceptors (Lipinski definition) is 2. The van der Waals surface area contributed by atoms with E-state index in [-0.39, 0.29) is 0 Å². The molecule has 0 aliphatic rings. The quantitative estimate of drug-likeness (QED) is 0.751. The van der Waals surface area contributed by atoms with E-state index in [0.29, 0.717) is 3.62 Å². The molecule has 1 rings (SSSR count). The van der Waals surface area contributed by atoms with E-state index in [4.69, 9.17) is 34.3 Å². The van der Waals surface area contributed by atoms with Crippen LogP contribution in [-0.4, -0.2) is 33.8 Å². The number of halogens is 3. The standard InChI is InChI=1S/C12H15Cl3O2Te/c1-12(2,16)11(8-13)18(14,15)10-6-4-9(17-3)5-7-10/h4-8,16H,1-3H3/b11-8+. The van der Waals surface area contributed by atoms with Gasteiger partial charge in [0, 0.05) is 0 Å². The number of benzene rings is 1. The average molecular weight is 425 g/mol. The van der Waals surface area contributed by atoms with Crippen LogP contribution in [0.25, 0.3) is 0 Å². The molecular formula is C12H15Cl3O2Te. The fourth-order valence-corrected chi connectivity index (χ4v) is 11.9. The normalized spacial score (nSPS) is 14.5. The zero-order valence-corrected chi connectivity index (χ0v) is 14.9. The van der Waals surface area contributed by atoms with E-state index < -0.39 is 21.5 Å². The summed E-state index contributed by atoms with van der Waals surface area (Å²) in [5, 5.41) is 10.1. The molecule has 6 heteroatoms. The third kappa shape index (κ3) is 3.70. The number of aliphatic hydroxyl groups is 1. The number of ether oxygens (including phenoxy) is 1. The maximum atomic E-state index is 10.1. The Balaban J connectivity index is 3.19. The summed E-state index contributed by atoms with van der Waals surface area (Å²) in [5.74, 6) is 0.727. The molecule has 102 valence electrons. The van der Waals surface area contributed by atoms with Gasteiger partial charge in [0.1, 0.15) is 0 Å². The summed E-state index contributed by atoms with van der Waals surface area (Å²) in [6, 6.07) is 7.20. The van der Waals surface area contributed by atoms with Gasteiger partial charge in [-0.05, 0) is 0 Å². The molecule has 0 atom stereocenters. The van der Waals surface area contributed by atoms with Gasteiger partial charge in [0.25, 0.3) is 0 Å². The minimum atomic E-state index is -3.61. The topological polar surface area (TPSA) is 29.5 Å². The molecule has 0 amide bonds. The van der Waals surface area contributed by atoms with E-state index in [1.165, 1.54) is 5.54 Å². The number of hydrogen-bond donors (Lipinski definition) is 1. The van der Waals surface area contributed by atoms with E-state index in [1.54, 1.807) is 33.1 Å². The van der Waals surface area contributed by atoms with E-state index in [2.05, 4.69) is 0 Å². The first-order valence-electron chi connectivity index (χ1n) is 5.13. The summed E-state index contributed by atoms with van der Waals surface area (Å²) in [7, 11) is 14.6. The molecule has 0 bridgehead atoms. The van der Waals surface area contributed by atoms with Crippen molar-refractivity contribution < 1.29 is 9.84 Å². The third-order valence-electron chi connectivity index (χ3n) is 2.33. The van der Waals surface area contributed by atoms with Crippen molar-refractivity contribution in [3.63, 3.8) is 0 Å². The Morgan fingerprint density at radius 1 is 1.28 bits per heavy atom. The van der Waals surface area contributed by atoms with Crippen LogP contribution in [0.3, 0.4) is 0 Å². The van der Waals surface area contributed by atoms with Crippen molar-refractivity contribution in [3.05, 3.63) is 33.4 Å². The summed E-state index contributed by atoms with van der Waals surface area (Å²) in [5.41, 5.74) is 0.164. The Morgan fingerprint density at radius 3 is 2.11 bits per heavy atom. The van der Waals surface area contributed by atoms with Crippen molar-refractivity contribution in [1.82, 2.24) is 0 Å². The van der Waals surface area contributed by atoms with Crippen LogP contribution in [0.15, 0.2) is 33.4 Å². The molecule has 18 heavy (non-hydrogen) atoms. The zero-order chi connectivity index (χ0) is 14.0. The Hall–Kier alpha value is 0.380. The fraction of sp³-hybridized carbons (Fsp3) is 0.333. The molecule has 0 spiro atoms. The first-order valence-corrected chi connectivity index (χ1v) is 13.8. The van der Waals surface area contributed by atoms with Gasteiger partial charge >= 0.3 is 125 Å². The molecule has 0 aliphatic carbocycles. The average Bonchev–Trinajstić information content (AvgIpc) is 2.27. The molecule has 0 aliphatic heterocycles. The maximum absolute atomic E-state index is 10.1. The van der Waals surface area contributed by atoms with Gasteiger partial charge in [-0.25, -0.2) is 0 Å².